The largest absolute Gasteiger partial charge is 0.493 e. The van der Waals surface area contributed by atoms with Crippen molar-refractivity contribution < 1.29 is 23.5 Å². The molecule has 0 saturated heterocycles. The molecule has 1 amide bonds. The van der Waals surface area contributed by atoms with E-state index in [0.717, 1.165) is 5.39 Å². The molecule has 164 valence electrons. The van der Waals surface area contributed by atoms with Crippen LogP contribution in [-0.4, -0.2) is 46.6 Å². The number of aromatic nitrogens is 3. The Balaban J connectivity index is 1.47. The molecule has 2 aromatic heterocycles. The molecule has 0 bridgehead atoms. The van der Waals surface area contributed by atoms with Crippen molar-refractivity contribution in [2.45, 2.75) is 5.16 Å². The van der Waals surface area contributed by atoms with Gasteiger partial charge in [0.25, 0.3) is 0 Å². The van der Waals surface area contributed by atoms with Crippen LogP contribution in [0.2, 0.25) is 0 Å². The number of benzene rings is 2. The molecule has 32 heavy (non-hydrogen) atoms. The van der Waals surface area contributed by atoms with Crippen molar-refractivity contribution in [2.75, 3.05) is 25.3 Å². The third-order valence-electron chi connectivity index (χ3n) is 4.72. The van der Waals surface area contributed by atoms with Gasteiger partial charge in [-0.05, 0) is 24.3 Å². The van der Waals surface area contributed by atoms with Gasteiger partial charge in [-0.2, -0.15) is 0 Å². The number of anilines is 1. The summed E-state index contributed by atoms with van der Waals surface area (Å²) in [7, 11) is 4.68. The average Bonchev–Trinajstić information content (AvgIpc) is 3.40. The minimum Gasteiger partial charge on any atom is -0.493 e. The molecule has 9 nitrogen and oxygen atoms in total. The Bertz CT molecular complexity index is 1300. The van der Waals surface area contributed by atoms with E-state index in [2.05, 4.69) is 15.5 Å². The number of nitrogens with zero attached hydrogens (tertiary/aromatic N) is 3. The van der Waals surface area contributed by atoms with Crippen LogP contribution in [0.4, 0.5) is 5.69 Å². The number of amides is 1. The summed E-state index contributed by atoms with van der Waals surface area (Å²) in [6.07, 6.45) is 0. The first kappa shape index (κ1) is 21.4. The second-order valence-corrected chi connectivity index (χ2v) is 7.67. The van der Waals surface area contributed by atoms with Crippen molar-refractivity contribution in [3.05, 3.63) is 54.1 Å². The van der Waals surface area contributed by atoms with Crippen molar-refractivity contribution >= 4 is 40.3 Å². The topological polar surface area (TPSA) is 108 Å². The lowest BCUT2D eigenvalue weighted by atomic mass is 10.2. The van der Waals surface area contributed by atoms with Crippen molar-refractivity contribution in [1.82, 2.24) is 14.8 Å². The van der Waals surface area contributed by atoms with Crippen LogP contribution in [0, 0.1) is 0 Å². The highest BCUT2D eigenvalue weighted by Crippen LogP contribution is 2.33. The molecule has 0 aliphatic rings. The van der Waals surface area contributed by atoms with Gasteiger partial charge in [0.2, 0.25) is 5.91 Å². The summed E-state index contributed by atoms with van der Waals surface area (Å²) in [4.78, 5) is 24.3. The third kappa shape index (κ3) is 4.17. The van der Waals surface area contributed by atoms with Gasteiger partial charge in [0.05, 0.1) is 31.2 Å². The van der Waals surface area contributed by atoms with Crippen LogP contribution in [0.5, 0.6) is 5.75 Å². The number of methoxy groups -OCH3 is 2. The molecule has 0 spiro atoms. The quantitative estimate of drug-likeness (QED) is 0.334. The number of esters is 1. The van der Waals surface area contributed by atoms with Crippen molar-refractivity contribution in [2.24, 2.45) is 7.05 Å². The first-order valence-electron chi connectivity index (χ1n) is 9.58. The molecule has 2 aromatic carbocycles. The predicted octanol–water partition coefficient (Wildman–Crippen LogP) is 3.75. The van der Waals surface area contributed by atoms with E-state index < -0.39 is 5.97 Å². The number of nitrogens with one attached hydrogen (secondary N) is 1. The molecule has 10 heteroatoms. The van der Waals surface area contributed by atoms with Crippen LogP contribution in [0.1, 0.15) is 10.4 Å². The molecule has 0 atom stereocenters. The van der Waals surface area contributed by atoms with Crippen molar-refractivity contribution in [1.29, 1.82) is 0 Å². The Labute approximate surface area is 187 Å². The average molecular weight is 452 g/mol. The van der Waals surface area contributed by atoms with Gasteiger partial charge in [-0.15, -0.1) is 10.2 Å². The summed E-state index contributed by atoms with van der Waals surface area (Å²) in [6, 6.07) is 14.2. The molecular formula is C22H20N4O5S. The Morgan fingerprint density at radius 3 is 2.72 bits per heavy atom. The minimum absolute atomic E-state index is 0.0788. The van der Waals surface area contributed by atoms with Gasteiger partial charge in [0.15, 0.2) is 28.1 Å². The van der Waals surface area contributed by atoms with E-state index in [1.807, 2.05) is 24.3 Å². The number of carbonyl (C=O) groups excluding carboxylic acids is 2. The van der Waals surface area contributed by atoms with Gasteiger partial charge >= 0.3 is 5.97 Å². The number of rotatable bonds is 7. The summed E-state index contributed by atoms with van der Waals surface area (Å²) in [5.74, 6) is 0.980. The lowest BCUT2D eigenvalue weighted by Gasteiger charge is -2.09. The van der Waals surface area contributed by atoms with Crippen LogP contribution in [0.3, 0.4) is 0 Å². The van der Waals surface area contributed by atoms with Gasteiger partial charge < -0.3 is 23.8 Å². The summed E-state index contributed by atoms with van der Waals surface area (Å²) in [6.45, 7) is 0. The molecular weight excluding hydrogens is 432 g/mol. The molecule has 4 aromatic rings. The first-order valence-corrected chi connectivity index (χ1v) is 10.6. The molecule has 4 rings (SSSR count). The molecule has 0 radical (unpaired) electrons. The highest BCUT2D eigenvalue weighted by atomic mass is 32.2. The zero-order chi connectivity index (χ0) is 22.7. The Kier molecular flexibility index (Phi) is 6.13. The zero-order valence-electron chi connectivity index (χ0n) is 17.6. The Hall–Kier alpha value is -3.79. The van der Waals surface area contributed by atoms with Crippen LogP contribution in [-0.2, 0) is 16.6 Å². The number of hydrogen-bond donors (Lipinski definition) is 1. The number of thioether (sulfide) groups is 1. The molecule has 2 heterocycles. The number of furan rings is 1. The van der Waals surface area contributed by atoms with E-state index in [1.165, 1.54) is 18.9 Å². The van der Waals surface area contributed by atoms with Crippen LogP contribution in [0.25, 0.3) is 22.6 Å². The number of fused-ring (bicyclic) bond motifs is 1. The SMILES string of the molecule is COC(=O)c1ccccc1NC(=O)CSc1nnc(-c2cc3cccc(OC)c3o2)n1C. The highest BCUT2D eigenvalue weighted by molar-refractivity contribution is 7.99. The monoisotopic (exact) mass is 452 g/mol. The minimum atomic E-state index is -0.519. The van der Waals surface area contributed by atoms with Crippen LogP contribution in [0.15, 0.2) is 58.1 Å². The summed E-state index contributed by atoms with van der Waals surface area (Å²) < 4.78 is 17.8. The smallest absolute Gasteiger partial charge is 0.339 e. The maximum atomic E-state index is 12.5. The summed E-state index contributed by atoms with van der Waals surface area (Å²) in [5, 5.41) is 12.6. The van der Waals surface area contributed by atoms with Gasteiger partial charge in [-0.1, -0.05) is 36.0 Å². The van der Waals surface area contributed by atoms with E-state index in [0.29, 0.717) is 33.8 Å². The van der Waals surface area contributed by atoms with Gasteiger partial charge in [0, 0.05) is 12.4 Å². The summed E-state index contributed by atoms with van der Waals surface area (Å²) >= 11 is 1.22. The molecule has 0 unspecified atom stereocenters. The number of hydrogen-bond acceptors (Lipinski definition) is 8. The van der Waals surface area contributed by atoms with Gasteiger partial charge in [-0.25, -0.2) is 4.79 Å². The first-order chi connectivity index (χ1) is 15.5. The van der Waals surface area contributed by atoms with E-state index in [-0.39, 0.29) is 17.2 Å². The molecule has 0 saturated carbocycles. The second kappa shape index (κ2) is 9.15. The van der Waals surface area contributed by atoms with E-state index in [9.17, 15) is 9.59 Å². The van der Waals surface area contributed by atoms with Gasteiger partial charge in [0.1, 0.15) is 0 Å². The molecule has 0 aliphatic carbocycles. The van der Waals surface area contributed by atoms with Crippen molar-refractivity contribution in [3.8, 4) is 17.3 Å². The zero-order valence-corrected chi connectivity index (χ0v) is 18.4. The molecule has 0 fully saturated rings. The Morgan fingerprint density at radius 2 is 1.94 bits per heavy atom. The Morgan fingerprint density at radius 1 is 1.12 bits per heavy atom. The lowest BCUT2D eigenvalue weighted by Crippen LogP contribution is -2.17. The van der Waals surface area contributed by atoms with Crippen molar-refractivity contribution in [3.63, 3.8) is 0 Å². The van der Waals surface area contributed by atoms with Crippen LogP contribution >= 0.6 is 11.8 Å². The van der Waals surface area contributed by atoms with Gasteiger partial charge in [-0.3, -0.25) is 4.79 Å². The maximum absolute atomic E-state index is 12.5. The second-order valence-electron chi connectivity index (χ2n) is 6.73. The van der Waals surface area contributed by atoms with Crippen LogP contribution < -0.4 is 10.1 Å². The fraction of sp³-hybridized carbons (Fsp3) is 0.182. The molecule has 0 aliphatic heterocycles. The van der Waals surface area contributed by atoms with E-state index in [1.54, 1.807) is 43.0 Å². The lowest BCUT2D eigenvalue weighted by molar-refractivity contribution is -0.113. The van der Waals surface area contributed by atoms with E-state index in [4.69, 9.17) is 13.9 Å². The number of carbonyl (C=O) groups is 2. The predicted molar refractivity (Wildman–Crippen MR) is 120 cm³/mol. The highest BCUT2D eigenvalue weighted by Gasteiger charge is 2.18. The summed E-state index contributed by atoms with van der Waals surface area (Å²) in [5.41, 5.74) is 1.31. The third-order valence-corrected chi connectivity index (χ3v) is 5.74. The van der Waals surface area contributed by atoms with E-state index >= 15 is 0 Å². The number of ether oxygens (including phenoxy) is 2. The fourth-order valence-corrected chi connectivity index (χ4v) is 3.87. The standard InChI is InChI=1S/C22H20N4O5S/c1-26-20(17-11-13-7-6-10-16(29-2)19(13)31-17)24-25-22(26)32-12-18(27)23-15-9-5-4-8-14(15)21(28)30-3/h4-11H,12H2,1-3H3,(H,23,27). The fourth-order valence-electron chi connectivity index (χ4n) is 3.16. The number of para-hydroxylation sites is 2. The molecule has 1 N–H and O–H groups in total. The maximum Gasteiger partial charge on any atom is 0.339 e. The normalized spacial score (nSPS) is 10.8.